The first-order valence-corrected chi connectivity index (χ1v) is 7.76. The molecule has 0 unspecified atom stereocenters. The van der Waals surface area contributed by atoms with Crippen molar-refractivity contribution >= 4 is 27.0 Å². The zero-order chi connectivity index (χ0) is 13.2. The fourth-order valence-electron chi connectivity index (χ4n) is 2.44. The average Bonchev–Trinajstić information content (AvgIpc) is 2.72. The van der Waals surface area contributed by atoms with Crippen molar-refractivity contribution in [2.24, 2.45) is 5.41 Å². The standard InChI is InChI=1S/C15H21BrN2/c1-4-15(5-2,10-16)11-18-12(3)17-13-8-6-7-9-14(13)18/h6-9H,4-5,10-11H2,1-3H3. The summed E-state index contributed by atoms with van der Waals surface area (Å²) in [7, 11) is 0. The van der Waals surface area contributed by atoms with E-state index in [1.54, 1.807) is 0 Å². The highest BCUT2D eigenvalue weighted by Gasteiger charge is 2.26. The van der Waals surface area contributed by atoms with Crippen LogP contribution in [0.1, 0.15) is 32.5 Å². The summed E-state index contributed by atoms with van der Waals surface area (Å²) in [5, 5.41) is 1.04. The molecule has 3 heteroatoms. The summed E-state index contributed by atoms with van der Waals surface area (Å²) in [6.45, 7) is 7.69. The van der Waals surface area contributed by atoms with Crippen molar-refractivity contribution in [3.05, 3.63) is 30.1 Å². The highest BCUT2D eigenvalue weighted by molar-refractivity contribution is 9.09. The van der Waals surface area contributed by atoms with Gasteiger partial charge in [0.05, 0.1) is 11.0 Å². The number of hydrogen-bond donors (Lipinski definition) is 0. The average molecular weight is 309 g/mol. The monoisotopic (exact) mass is 308 g/mol. The van der Waals surface area contributed by atoms with Gasteiger partial charge in [-0.15, -0.1) is 0 Å². The molecule has 0 spiro atoms. The Labute approximate surface area is 118 Å². The number of imidazole rings is 1. The molecule has 0 radical (unpaired) electrons. The molecule has 1 aromatic heterocycles. The first kappa shape index (κ1) is 13.6. The first-order chi connectivity index (χ1) is 8.65. The van der Waals surface area contributed by atoms with Crippen molar-refractivity contribution in [3.8, 4) is 0 Å². The molecule has 2 aromatic rings. The van der Waals surface area contributed by atoms with E-state index in [0.717, 1.165) is 23.2 Å². The molecule has 1 aromatic carbocycles. The highest BCUT2D eigenvalue weighted by atomic mass is 79.9. The van der Waals surface area contributed by atoms with E-state index in [9.17, 15) is 0 Å². The van der Waals surface area contributed by atoms with E-state index >= 15 is 0 Å². The van der Waals surface area contributed by atoms with Gasteiger partial charge in [-0.25, -0.2) is 4.98 Å². The van der Waals surface area contributed by atoms with Crippen molar-refractivity contribution in [1.29, 1.82) is 0 Å². The lowest BCUT2D eigenvalue weighted by Gasteiger charge is -2.30. The fourth-order valence-corrected chi connectivity index (χ4v) is 3.41. The summed E-state index contributed by atoms with van der Waals surface area (Å²) < 4.78 is 2.36. The van der Waals surface area contributed by atoms with Crippen LogP contribution < -0.4 is 0 Å². The Morgan fingerprint density at radius 3 is 2.50 bits per heavy atom. The summed E-state index contributed by atoms with van der Waals surface area (Å²) in [4.78, 5) is 4.65. The van der Waals surface area contributed by atoms with Crippen LogP contribution >= 0.6 is 15.9 Å². The predicted octanol–water partition coefficient (Wildman–Crippen LogP) is 4.55. The van der Waals surface area contributed by atoms with Crippen LogP contribution in [0.3, 0.4) is 0 Å². The van der Waals surface area contributed by atoms with E-state index in [1.165, 1.54) is 18.4 Å². The molecule has 18 heavy (non-hydrogen) atoms. The zero-order valence-corrected chi connectivity index (χ0v) is 13.0. The molecule has 2 nitrogen and oxygen atoms in total. The van der Waals surface area contributed by atoms with Crippen LogP contribution in [0.4, 0.5) is 0 Å². The third-order valence-corrected chi connectivity index (χ3v) is 5.31. The minimum atomic E-state index is 0.328. The maximum Gasteiger partial charge on any atom is 0.106 e. The van der Waals surface area contributed by atoms with Gasteiger partial charge in [0, 0.05) is 11.9 Å². The van der Waals surface area contributed by atoms with E-state index in [1.807, 2.05) is 0 Å². The van der Waals surface area contributed by atoms with Gasteiger partial charge in [0.2, 0.25) is 0 Å². The molecule has 0 aliphatic carbocycles. The molecule has 0 amide bonds. The van der Waals surface area contributed by atoms with Gasteiger partial charge in [0.25, 0.3) is 0 Å². The fraction of sp³-hybridized carbons (Fsp3) is 0.533. The maximum absolute atomic E-state index is 4.65. The van der Waals surface area contributed by atoms with Crippen LogP contribution in [0.15, 0.2) is 24.3 Å². The van der Waals surface area contributed by atoms with Crippen LogP contribution in [0.25, 0.3) is 11.0 Å². The van der Waals surface area contributed by atoms with Crippen LogP contribution in [0, 0.1) is 12.3 Å². The van der Waals surface area contributed by atoms with Gasteiger partial charge in [0.1, 0.15) is 5.82 Å². The molecule has 0 saturated heterocycles. The zero-order valence-electron chi connectivity index (χ0n) is 11.4. The van der Waals surface area contributed by atoms with Crippen LogP contribution in [-0.4, -0.2) is 14.9 Å². The number of halogens is 1. The van der Waals surface area contributed by atoms with Gasteiger partial charge in [-0.2, -0.15) is 0 Å². The predicted molar refractivity (Wildman–Crippen MR) is 81.3 cm³/mol. The molecular formula is C15H21BrN2. The summed E-state index contributed by atoms with van der Waals surface area (Å²) >= 11 is 3.69. The quantitative estimate of drug-likeness (QED) is 0.741. The van der Waals surface area contributed by atoms with Gasteiger partial charge >= 0.3 is 0 Å². The Balaban J connectivity index is 2.45. The number of nitrogens with zero attached hydrogens (tertiary/aromatic N) is 2. The molecule has 0 fully saturated rings. The van der Waals surface area contributed by atoms with Gasteiger partial charge < -0.3 is 4.57 Å². The Hall–Kier alpha value is -0.830. The summed E-state index contributed by atoms with van der Waals surface area (Å²) in [5.41, 5.74) is 2.68. The highest BCUT2D eigenvalue weighted by Crippen LogP contribution is 2.32. The maximum atomic E-state index is 4.65. The second-order valence-corrected chi connectivity index (χ2v) is 5.64. The molecule has 1 heterocycles. The van der Waals surface area contributed by atoms with Crippen molar-refractivity contribution in [3.63, 3.8) is 0 Å². The van der Waals surface area contributed by atoms with E-state index in [4.69, 9.17) is 0 Å². The second kappa shape index (κ2) is 5.43. The molecule has 0 aliphatic heterocycles. The minimum Gasteiger partial charge on any atom is -0.328 e. The van der Waals surface area contributed by atoms with Crippen LogP contribution in [0.5, 0.6) is 0 Å². The number of benzene rings is 1. The van der Waals surface area contributed by atoms with Gasteiger partial charge in [0.15, 0.2) is 0 Å². The number of hydrogen-bond acceptors (Lipinski definition) is 1. The lowest BCUT2D eigenvalue weighted by Crippen LogP contribution is -2.27. The largest absolute Gasteiger partial charge is 0.328 e. The van der Waals surface area contributed by atoms with Crippen molar-refractivity contribution in [1.82, 2.24) is 9.55 Å². The number of alkyl halides is 1. The van der Waals surface area contributed by atoms with Gasteiger partial charge in [-0.1, -0.05) is 41.9 Å². The second-order valence-electron chi connectivity index (χ2n) is 5.07. The SMILES string of the molecule is CCC(CC)(CBr)Cn1c(C)nc2ccccc21. The molecule has 0 N–H and O–H groups in total. The Bertz CT molecular complexity index is 518. The van der Waals surface area contributed by atoms with Gasteiger partial charge in [-0.3, -0.25) is 0 Å². The molecule has 98 valence electrons. The van der Waals surface area contributed by atoms with E-state index < -0.39 is 0 Å². The Morgan fingerprint density at radius 1 is 1.22 bits per heavy atom. The van der Waals surface area contributed by atoms with E-state index in [0.29, 0.717) is 5.41 Å². The number of aryl methyl sites for hydroxylation is 1. The topological polar surface area (TPSA) is 17.8 Å². The first-order valence-electron chi connectivity index (χ1n) is 6.63. The minimum absolute atomic E-state index is 0.328. The third-order valence-electron chi connectivity index (χ3n) is 4.12. The Morgan fingerprint density at radius 2 is 1.89 bits per heavy atom. The van der Waals surface area contributed by atoms with Crippen molar-refractivity contribution < 1.29 is 0 Å². The molecule has 2 rings (SSSR count). The van der Waals surface area contributed by atoms with Crippen molar-refractivity contribution in [2.75, 3.05) is 5.33 Å². The normalized spacial score (nSPS) is 12.2. The lowest BCUT2D eigenvalue weighted by molar-refractivity contribution is 0.261. The summed E-state index contributed by atoms with van der Waals surface area (Å²) in [5.74, 6) is 1.11. The summed E-state index contributed by atoms with van der Waals surface area (Å²) in [6, 6.07) is 8.40. The van der Waals surface area contributed by atoms with Gasteiger partial charge in [-0.05, 0) is 37.3 Å². The number of aromatic nitrogens is 2. The van der Waals surface area contributed by atoms with Crippen LogP contribution in [0.2, 0.25) is 0 Å². The molecule has 0 aliphatic rings. The number of para-hydroxylation sites is 2. The molecular weight excluding hydrogens is 288 g/mol. The lowest BCUT2D eigenvalue weighted by atomic mass is 9.84. The molecule has 0 bridgehead atoms. The smallest absolute Gasteiger partial charge is 0.106 e. The third kappa shape index (κ3) is 2.33. The van der Waals surface area contributed by atoms with Crippen LogP contribution in [-0.2, 0) is 6.54 Å². The van der Waals surface area contributed by atoms with E-state index in [-0.39, 0.29) is 0 Å². The Kier molecular flexibility index (Phi) is 4.10. The number of fused-ring (bicyclic) bond motifs is 1. The number of rotatable bonds is 5. The van der Waals surface area contributed by atoms with Crippen molar-refractivity contribution in [2.45, 2.75) is 40.2 Å². The van der Waals surface area contributed by atoms with E-state index in [2.05, 4.69) is 70.5 Å². The molecule has 0 saturated carbocycles. The summed E-state index contributed by atoms with van der Waals surface area (Å²) in [6.07, 6.45) is 2.36. The molecule has 0 atom stereocenters.